The zero-order chi connectivity index (χ0) is 14.1. The largest absolute Gasteiger partial charge is 0.488 e. The SMILES string of the molecule is COCCCOCCOc1ccc(C(N)=S)cc1F. The van der Waals surface area contributed by atoms with Gasteiger partial charge >= 0.3 is 0 Å². The topological polar surface area (TPSA) is 53.7 Å². The standard InChI is InChI=1S/C13H18FNO3S/c1-16-5-2-6-17-7-8-18-12-4-3-10(13(15)19)9-11(12)14/h3-4,9H,2,5-8H2,1H3,(H2,15,19). The van der Waals surface area contributed by atoms with Crippen molar-refractivity contribution in [3.63, 3.8) is 0 Å². The molecule has 0 aliphatic heterocycles. The van der Waals surface area contributed by atoms with E-state index >= 15 is 0 Å². The molecule has 19 heavy (non-hydrogen) atoms. The molecular formula is C13H18FNO3S. The average Bonchev–Trinajstić information content (AvgIpc) is 2.39. The van der Waals surface area contributed by atoms with Gasteiger partial charge in [0.15, 0.2) is 11.6 Å². The van der Waals surface area contributed by atoms with Gasteiger partial charge in [0, 0.05) is 25.9 Å². The van der Waals surface area contributed by atoms with Crippen LogP contribution in [0.4, 0.5) is 4.39 Å². The summed E-state index contributed by atoms with van der Waals surface area (Å²) >= 11 is 4.76. The third kappa shape index (κ3) is 5.96. The summed E-state index contributed by atoms with van der Waals surface area (Å²) in [6, 6.07) is 4.39. The van der Waals surface area contributed by atoms with E-state index in [4.69, 9.17) is 32.2 Å². The fourth-order valence-electron chi connectivity index (χ4n) is 1.39. The van der Waals surface area contributed by atoms with Crippen molar-refractivity contribution in [2.75, 3.05) is 33.5 Å². The number of nitrogens with two attached hydrogens (primary N) is 1. The van der Waals surface area contributed by atoms with Gasteiger partial charge < -0.3 is 19.9 Å². The van der Waals surface area contributed by atoms with Crippen molar-refractivity contribution in [3.05, 3.63) is 29.6 Å². The van der Waals surface area contributed by atoms with E-state index < -0.39 is 5.82 Å². The molecule has 0 unspecified atom stereocenters. The maximum Gasteiger partial charge on any atom is 0.165 e. The molecule has 1 aromatic carbocycles. The Morgan fingerprint density at radius 2 is 2.05 bits per heavy atom. The third-order valence-corrected chi connectivity index (χ3v) is 2.57. The Hall–Kier alpha value is -1.24. The number of halogens is 1. The normalized spacial score (nSPS) is 10.4. The van der Waals surface area contributed by atoms with E-state index in [0.717, 1.165) is 6.42 Å². The van der Waals surface area contributed by atoms with Crippen LogP contribution in [0.15, 0.2) is 18.2 Å². The van der Waals surface area contributed by atoms with Crippen LogP contribution in [0.5, 0.6) is 5.75 Å². The molecular weight excluding hydrogens is 269 g/mol. The summed E-state index contributed by atoms with van der Waals surface area (Å²) in [6.07, 6.45) is 0.827. The minimum Gasteiger partial charge on any atom is -0.488 e. The first-order valence-electron chi connectivity index (χ1n) is 5.94. The summed E-state index contributed by atoms with van der Waals surface area (Å²) < 4.78 is 29.0. The molecule has 0 atom stereocenters. The zero-order valence-electron chi connectivity index (χ0n) is 10.9. The van der Waals surface area contributed by atoms with Crippen LogP contribution in [0.3, 0.4) is 0 Å². The average molecular weight is 287 g/mol. The van der Waals surface area contributed by atoms with Gasteiger partial charge in [-0.1, -0.05) is 12.2 Å². The second kappa shape index (κ2) is 8.79. The highest BCUT2D eigenvalue weighted by Crippen LogP contribution is 2.18. The molecule has 0 amide bonds. The van der Waals surface area contributed by atoms with Crippen molar-refractivity contribution < 1.29 is 18.6 Å². The molecule has 0 bridgehead atoms. The number of rotatable bonds is 9. The number of ether oxygens (including phenoxy) is 3. The highest BCUT2D eigenvalue weighted by Gasteiger charge is 2.06. The van der Waals surface area contributed by atoms with Crippen LogP contribution in [-0.2, 0) is 9.47 Å². The van der Waals surface area contributed by atoms with Crippen LogP contribution in [0, 0.1) is 5.82 Å². The van der Waals surface area contributed by atoms with Crippen molar-refractivity contribution in [1.82, 2.24) is 0 Å². The Labute approximate surface area is 117 Å². The Kier molecular flexibility index (Phi) is 7.32. The van der Waals surface area contributed by atoms with Gasteiger partial charge in [-0.15, -0.1) is 0 Å². The highest BCUT2D eigenvalue weighted by atomic mass is 32.1. The van der Waals surface area contributed by atoms with Crippen molar-refractivity contribution in [2.24, 2.45) is 5.73 Å². The number of hydrogen-bond donors (Lipinski definition) is 1. The molecule has 0 spiro atoms. The lowest BCUT2D eigenvalue weighted by molar-refractivity contribution is 0.0797. The molecule has 0 aliphatic rings. The predicted octanol–water partition coefficient (Wildman–Crippen LogP) is 1.89. The Balaban J connectivity index is 2.28. The molecule has 1 rings (SSSR count). The lowest BCUT2D eigenvalue weighted by Gasteiger charge is -2.09. The molecule has 6 heteroatoms. The minimum atomic E-state index is -0.482. The summed E-state index contributed by atoms with van der Waals surface area (Å²) in [6.45, 7) is 1.95. The smallest absolute Gasteiger partial charge is 0.165 e. The zero-order valence-corrected chi connectivity index (χ0v) is 11.7. The first-order chi connectivity index (χ1) is 9.15. The Bertz CT molecular complexity index is 415. The van der Waals surface area contributed by atoms with Crippen molar-refractivity contribution in [3.8, 4) is 5.75 Å². The molecule has 0 aromatic heterocycles. The van der Waals surface area contributed by atoms with Crippen LogP contribution in [-0.4, -0.2) is 38.5 Å². The molecule has 0 saturated carbocycles. The first kappa shape index (κ1) is 15.8. The van der Waals surface area contributed by atoms with Gasteiger partial charge in [-0.25, -0.2) is 4.39 Å². The Morgan fingerprint density at radius 3 is 2.68 bits per heavy atom. The van der Waals surface area contributed by atoms with E-state index in [2.05, 4.69) is 0 Å². The quantitative estimate of drug-likeness (QED) is 0.555. The fraction of sp³-hybridized carbons (Fsp3) is 0.462. The second-order valence-electron chi connectivity index (χ2n) is 3.82. The van der Waals surface area contributed by atoms with E-state index in [1.165, 1.54) is 12.1 Å². The summed E-state index contributed by atoms with van der Waals surface area (Å²) in [5.41, 5.74) is 5.89. The minimum absolute atomic E-state index is 0.159. The van der Waals surface area contributed by atoms with Crippen molar-refractivity contribution >= 4 is 17.2 Å². The molecule has 1 aromatic rings. The number of thiocarbonyl (C=S) groups is 1. The predicted molar refractivity (Wildman–Crippen MR) is 75.1 cm³/mol. The van der Waals surface area contributed by atoms with Gasteiger partial charge in [0.25, 0.3) is 0 Å². The summed E-state index contributed by atoms with van der Waals surface area (Å²) in [4.78, 5) is 0.159. The molecule has 4 nitrogen and oxygen atoms in total. The van der Waals surface area contributed by atoms with Crippen molar-refractivity contribution in [1.29, 1.82) is 0 Å². The van der Waals surface area contributed by atoms with Gasteiger partial charge in [-0.2, -0.15) is 0 Å². The van der Waals surface area contributed by atoms with Crippen molar-refractivity contribution in [2.45, 2.75) is 6.42 Å². The summed E-state index contributed by atoms with van der Waals surface area (Å²) in [5, 5.41) is 0. The first-order valence-corrected chi connectivity index (χ1v) is 6.35. The lowest BCUT2D eigenvalue weighted by Crippen LogP contribution is -2.11. The van der Waals surface area contributed by atoms with E-state index in [1.54, 1.807) is 13.2 Å². The molecule has 2 N–H and O–H groups in total. The van der Waals surface area contributed by atoms with E-state index in [-0.39, 0.29) is 17.3 Å². The maximum atomic E-state index is 13.6. The molecule has 0 fully saturated rings. The summed E-state index contributed by atoms with van der Waals surface area (Å²) in [5.74, 6) is -0.315. The molecule has 106 valence electrons. The van der Waals surface area contributed by atoms with Crippen LogP contribution >= 0.6 is 12.2 Å². The summed E-state index contributed by atoms with van der Waals surface area (Å²) in [7, 11) is 1.64. The molecule has 0 aliphatic carbocycles. The molecule has 0 saturated heterocycles. The number of hydrogen-bond acceptors (Lipinski definition) is 4. The third-order valence-electron chi connectivity index (χ3n) is 2.34. The van der Waals surface area contributed by atoms with E-state index in [9.17, 15) is 4.39 Å². The van der Waals surface area contributed by atoms with Crippen LogP contribution < -0.4 is 10.5 Å². The van der Waals surface area contributed by atoms with Crippen LogP contribution in [0.1, 0.15) is 12.0 Å². The molecule has 0 radical (unpaired) electrons. The van der Waals surface area contributed by atoms with Gasteiger partial charge in [0.2, 0.25) is 0 Å². The van der Waals surface area contributed by atoms with Gasteiger partial charge in [-0.3, -0.25) is 0 Å². The van der Waals surface area contributed by atoms with Crippen LogP contribution in [0.2, 0.25) is 0 Å². The monoisotopic (exact) mass is 287 g/mol. The highest BCUT2D eigenvalue weighted by molar-refractivity contribution is 7.80. The van der Waals surface area contributed by atoms with Gasteiger partial charge in [-0.05, 0) is 24.6 Å². The van der Waals surface area contributed by atoms with Crippen LogP contribution in [0.25, 0.3) is 0 Å². The van der Waals surface area contributed by atoms with E-state index in [1.807, 2.05) is 0 Å². The maximum absolute atomic E-state index is 13.6. The van der Waals surface area contributed by atoms with Gasteiger partial charge in [0.05, 0.1) is 6.61 Å². The fourth-order valence-corrected chi connectivity index (χ4v) is 1.52. The van der Waals surface area contributed by atoms with Gasteiger partial charge in [0.1, 0.15) is 11.6 Å². The second-order valence-corrected chi connectivity index (χ2v) is 4.26. The number of benzene rings is 1. The van der Waals surface area contributed by atoms with E-state index in [0.29, 0.717) is 25.4 Å². The lowest BCUT2D eigenvalue weighted by atomic mass is 10.2. The Morgan fingerprint density at radius 1 is 1.26 bits per heavy atom. The molecule has 0 heterocycles. The number of methoxy groups -OCH3 is 1.